The SMILES string of the molecule is COc1ccc(C(=O)N2CCCCCCNC(=O)[C@@H]3CCCC[C@@H]32)cn1. The molecule has 1 aliphatic carbocycles. The van der Waals surface area contributed by atoms with Crippen molar-refractivity contribution in [3.63, 3.8) is 0 Å². The quantitative estimate of drug-likeness (QED) is 0.881. The second kappa shape index (κ2) is 9.01. The summed E-state index contributed by atoms with van der Waals surface area (Å²) in [7, 11) is 1.56. The zero-order valence-electron chi connectivity index (χ0n) is 15.6. The van der Waals surface area contributed by atoms with Gasteiger partial charge in [-0.1, -0.05) is 25.7 Å². The Morgan fingerprint density at radius 2 is 1.96 bits per heavy atom. The van der Waals surface area contributed by atoms with Gasteiger partial charge in [-0.05, 0) is 31.7 Å². The van der Waals surface area contributed by atoms with Crippen LogP contribution in [0.2, 0.25) is 0 Å². The summed E-state index contributed by atoms with van der Waals surface area (Å²) in [6, 6.07) is 3.46. The normalized spacial score (nSPS) is 24.8. The molecule has 1 N–H and O–H groups in total. The summed E-state index contributed by atoms with van der Waals surface area (Å²) in [5, 5.41) is 3.09. The number of carbonyl (C=O) groups excluding carboxylic acids is 2. The fourth-order valence-corrected chi connectivity index (χ4v) is 4.10. The van der Waals surface area contributed by atoms with Crippen molar-refractivity contribution in [1.29, 1.82) is 0 Å². The van der Waals surface area contributed by atoms with Crippen molar-refractivity contribution >= 4 is 11.8 Å². The molecule has 0 spiro atoms. The van der Waals surface area contributed by atoms with E-state index in [2.05, 4.69) is 10.3 Å². The molecule has 6 heteroatoms. The molecule has 1 aromatic rings. The van der Waals surface area contributed by atoms with E-state index < -0.39 is 0 Å². The molecule has 1 saturated heterocycles. The third-order valence-electron chi connectivity index (χ3n) is 5.54. The number of methoxy groups -OCH3 is 1. The second-order valence-corrected chi connectivity index (χ2v) is 7.25. The van der Waals surface area contributed by atoms with E-state index >= 15 is 0 Å². The average Bonchev–Trinajstić information content (AvgIpc) is 2.72. The van der Waals surface area contributed by atoms with Gasteiger partial charge in [-0.25, -0.2) is 4.98 Å². The van der Waals surface area contributed by atoms with Crippen LogP contribution >= 0.6 is 0 Å². The molecule has 2 heterocycles. The highest BCUT2D eigenvalue weighted by atomic mass is 16.5. The number of nitrogens with one attached hydrogen (secondary N) is 1. The van der Waals surface area contributed by atoms with E-state index in [9.17, 15) is 9.59 Å². The summed E-state index contributed by atoms with van der Waals surface area (Å²) in [6.45, 7) is 1.46. The molecule has 3 rings (SSSR count). The van der Waals surface area contributed by atoms with E-state index in [1.54, 1.807) is 25.4 Å². The van der Waals surface area contributed by atoms with E-state index in [-0.39, 0.29) is 23.8 Å². The predicted octanol–water partition coefficient (Wildman–Crippen LogP) is 2.78. The first kappa shape index (κ1) is 18.7. The maximum atomic E-state index is 13.2. The van der Waals surface area contributed by atoms with Crippen LogP contribution in [0.4, 0.5) is 0 Å². The Morgan fingerprint density at radius 3 is 2.73 bits per heavy atom. The molecular formula is C20H29N3O3. The van der Waals surface area contributed by atoms with E-state index in [0.717, 1.165) is 57.9 Å². The molecule has 26 heavy (non-hydrogen) atoms. The average molecular weight is 359 g/mol. The highest BCUT2D eigenvalue weighted by Gasteiger charge is 2.37. The molecule has 142 valence electrons. The Morgan fingerprint density at radius 1 is 1.15 bits per heavy atom. The highest BCUT2D eigenvalue weighted by molar-refractivity contribution is 5.94. The maximum absolute atomic E-state index is 13.2. The number of rotatable bonds is 2. The smallest absolute Gasteiger partial charge is 0.255 e. The topological polar surface area (TPSA) is 71.5 Å². The lowest BCUT2D eigenvalue weighted by atomic mass is 9.82. The van der Waals surface area contributed by atoms with Crippen molar-refractivity contribution in [3.05, 3.63) is 23.9 Å². The van der Waals surface area contributed by atoms with Crippen molar-refractivity contribution in [2.45, 2.75) is 57.4 Å². The Labute approximate surface area is 155 Å². The van der Waals surface area contributed by atoms with Gasteiger partial charge in [-0.3, -0.25) is 9.59 Å². The van der Waals surface area contributed by atoms with Crippen LogP contribution in [0.1, 0.15) is 61.7 Å². The molecule has 1 aliphatic heterocycles. The van der Waals surface area contributed by atoms with Crippen molar-refractivity contribution in [3.8, 4) is 5.88 Å². The van der Waals surface area contributed by atoms with E-state index in [0.29, 0.717) is 18.0 Å². The molecule has 1 saturated carbocycles. The molecule has 0 bridgehead atoms. The molecule has 1 aromatic heterocycles. The number of hydrogen-bond donors (Lipinski definition) is 1. The van der Waals surface area contributed by atoms with Crippen LogP contribution < -0.4 is 10.1 Å². The van der Waals surface area contributed by atoms with E-state index in [4.69, 9.17) is 4.74 Å². The number of ether oxygens (including phenoxy) is 1. The Bertz CT molecular complexity index is 617. The van der Waals surface area contributed by atoms with Crippen molar-refractivity contribution < 1.29 is 14.3 Å². The maximum Gasteiger partial charge on any atom is 0.255 e. The summed E-state index contributed by atoms with van der Waals surface area (Å²) in [4.78, 5) is 32.0. The van der Waals surface area contributed by atoms with Crippen molar-refractivity contribution in [2.24, 2.45) is 5.92 Å². The minimum Gasteiger partial charge on any atom is -0.481 e. The first-order valence-electron chi connectivity index (χ1n) is 9.79. The van der Waals surface area contributed by atoms with Gasteiger partial charge in [0.2, 0.25) is 11.8 Å². The van der Waals surface area contributed by atoms with Crippen LogP contribution in [0.5, 0.6) is 5.88 Å². The lowest BCUT2D eigenvalue weighted by molar-refractivity contribution is -0.128. The lowest BCUT2D eigenvalue weighted by Crippen LogP contribution is -2.51. The molecule has 6 nitrogen and oxygen atoms in total. The monoisotopic (exact) mass is 359 g/mol. The Balaban J connectivity index is 1.85. The minimum absolute atomic E-state index is 0.0172. The predicted molar refractivity (Wildman–Crippen MR) is 99.0 cm³/mol. The van der Waals surface area contributed by atoms with Crippen LogP contribution in [0, 0.1) is 5.92 Å². The largest absolute Gasteiger partial charge is 0.481 e. The number of carbonyl (C=O) groups is 2. The first-order valence-corrected chi connectivity index (χ1v) is 9.79. The number of amides is 2. The fourth-order valence-electron chi connectivity index (χ4n) is 4.10. The molecule has 2 aliphatic rings. The lowest BCUT2D eigenvalue weighted by Gasteiger charge is -2.39. The molecule has 0 aromatic carbocycles. The van der Waals surface area contributed by atoms with Crippen LogP contribution in [0.15, 0.2) is 18.3 Å². The van der Waals surface area contributed by atoms with Gasteiger partial charge in [0.15, 0.2) is 0 Å². The second-order valence-electron chi connectivity index (χ2n) is 7.25. The zero-order valence-corrected chi connectivity index (χ0v) is 15.6. The third-order valence-corrected chi connectivity index (χ3v) is 5.54. The zero-order chi connectivity index (χ0) is 18.4. The molecule has 2 fully saturated rings. The molecule has 2 amide bonds. The molecular weight excluding hydrogens is 330 g/mol. The van der Waals surface area contributed by atoms with E-state index in [1.807, 2.05) is 4.90 Å². The molecule has 2 atom stereocenters. The summed E-state index contributed by atoms with van der Waals surface area (Å²) in [5.74, 6) is 0.484. The highest BCUT2D eigenvalue weighted by Crippen LogP contribution is 2.30. The van der Waals surface area contributed by atoms with Crippen molar-refractivity contribution in [2.75, 3.05) is 20.2 Å². The summed E-state index contributed by atoms with van der Waals surface area (Å²) in [6.07, 6.45) is 9.62. The number of pyridine rings is 1. The summed E-state index contributed by atoms with van der Waals surface area (Å²) < 4.78 is 5.09. The van der Waals surface area contributed by atoms with Crippen molar-refractivity contribution in [1.82, 2.24) is 15.2 Å². The van der Waals surface area contributed by atoms with Gasteiger partial charge in [0, 0.05) is 31.4 Å². The number of fused-ring (bicyclic) bond motifs is 1. The Kier molecular flexibility index (Phi) is 6.47. The third kappa shape index (κ3) is 4.34. The standard InChI is InChI=1S/C20H29N3O3/c1-26-18-11-10-15(14-22-18)20(25)23-13-7-3-2-6-12-21-19(24)16-8-4-5-9-17(16)23/h10-11,14,16-17H,2-9,12-13H2,1H3,(H,21,24)/t16-,17+/m1/s1. The number of hydrogen-bond acceptors (Lipinski definition) is 4. The minimum atomic E-state index is -0.1000. The Hall–Kier alpha value is -2.11. The molecule has 0 unspecified atom stereocenters. The van der Waals surface area contributed by atoms with Gasteiger partial charge in [-0.15, -0.1) is 0 Å². The van der Waals surface area contributed by atoms with Gasteiger partial charge >= 0.3 is 0 Å². The van der Waals surface area contributed by atoms with Gasteiger partial charge in [0.25, 0.3) is 5.91 Å². The van der Waals surface area contributed by atoms with Crippen LogP contribution in [-0.2, 0) is 4.79 Å². The van der Waals surface area contributed by atoms with Gasteiger partial charge in [0.05, 0.1) is 18.6 Å². The van der Waals surface area contributed by atoms with Crippen LogP contribution in [0.3, 0.4) is 0 Å². The van der Waals surface area contributed by atoms with Gasteiger partial charge < -0.3 is 15.0 Å². The van der Waals surface area contributed by atoms with Gasteiger partial charge in [0.1, 0.15) is 0 Å². The number of aromatic nitrogens is 1. The van der Waals surface area contributed by atoms with Crippen LogP contribution in [-0.4, -0.2) is 47.9 Å². The van der Waals surface area contributed by atoms with Crippen LogP contribution in [0.25, 0.3) is 0 Å². The first-order chi connectivity index (χ1) is 12.7. The summed E-state index contributed by atoms with van der Waals surface area (Å²) >= 11 is 0. The van der Waals surface area contributed by atoms with E-state index in [1.165, 1.54) is 0 Å². The van der Waals surface area contributed by atoms with Gasteiger partial charge in [-0.2, -0.15) is 0 Å². The molecule has 0 radical (unpaired) electrons. The fraction of sp³-hybridized carbons (Fsp3) is 0.650. The number of nitrogens with zero attached hydrogens (tertiary/aromatic N) is 2. The summed E-state index contributed by atoms with van der Waals surface area (Å²) in [5.41, 5.74) is 0.561.